The minimum atomic E-state index is -9.25. The first-order chi connectivity index (χ1) is 20.5. The maximum absolute atomic E-state index is 14.2. The molecular weight excluding hydrogens is 723 g/mol. The molecule has 1 rings (SSSR count). The molecule has 0 fully saturated rings. The molecule has 1 atom stereocenters. The quantitative estimate of drug-likeness (QED) is 0.125. The van der Waals surface area contributed by atoms with E-state index in [-0.39, 0.29) is 18.2 Å². The molecule has 1 amide bonds. The largest absolute Gasteiger partial charge is 0.460 e. The summed E-state index contributed by atoms with van der Waals surface area (Å²) >= 11 is 0. The molecule has 270 valence electrons. The first kappa shape index (κ1) is 41.6. The number of isocyanates is 1. The van der Waals surface area contributed by atoms with Crippen LogP contribution in [-0.4, -0.2) is 77.5 Å². The third kappa shape index (κ3) is 6.18. The van der Waals surface area contributed by atoms with Crippen molar-refractivity contribution in [1.82, 2.24) is 5.32 Å². The first-order valence-electron chi connectivity index (χ1n) is 11.4. The van der Waals surface area contributed by atoms with Gasteiger partial charge in [-0.05, 0) is 31.5 Å². The summed E-state index contributed by atoms with van der Waals surface area (Å²) in [5, 5.41) is 1.38. The van der Waals surface area contributed by atoms with E-state index in [1.807, 2.05) is 0 Å². The molecule has 0 aliphatic carbocycles. The molecule has 1 aromatic rings. The number of benzene rings is 1. The average molecular weight is 736 g/mol. The Hall–Kier alpha value is -3.40. The Morgan fingerprint density at radius 1 is 0.660 bits per heavy atom. The van der Waals surface area contributed by atoms with Gasteiger partial charge in [0.25, 0.3) is 5.91 Å². The first-order valence-corrected chi connectivity index (χ1v) is 11.4. The second kappa shape index (κ2) is 11.9. The van der Waals surface area contributed by atoms with Crippen LogP contribution in [0.1, 0.15) is 29.3 Å². The predicted molar refractivity (Wildman–Crippen MR) is 111 cm³/mol. The Morgan fingerprint density at radius 3 is 1.38 bits per heavy atom. The smallest absolute Gasteiger partial charge is 0.349 e. The van der Waals surface area contributed by atoms with Gasteiger partial charge in [-0.15, -0.1) is 0 Å². The lowest BCUT2D eigenvalue weighted by Gasteiger charge is -2.44. The van der Waals surface area contributed by atoms with Crippen molar-refractivity contribution in [2.45, 2.75) is 85.8 Å². The van der Waals surface area contributed by atoms with Crippen LogP contribution in [0, 0.1) is 6.92 Å². The number of nitrogens with one attached hydrogen (secondary N) is 1. The summed E-state index contributed by atoms with van der Waals surface area (Å²) in [6.45, 7) is 1.53. The van der Waals surface area contributed by atoms with Crippen molar-refractivity contribution in [2.24, 2.45) is 4.99 Å². The lowest BCUT2D eigenvalue weighted by Crippen LogP contribution is -2.76. The van der Waals surface area contributed by atoms with Crippen molar-refractivity contribution in [3.05, 3.63) is 29.3 Å². The molecule has 0 aliphatic heterocycles. The summed E-state index contributed by atoms with van der Waals surface area (Å²) in [6.07, 6.45) is -10.0. The zero-order valence-electron chi connectivity index (χ0n) is 22.2. The zero-order valence-corrected chi connectivity index (χ0v) is 22.2. The van der Waals surface area contributed by atoms with Gasteiger partial charge in [-0.25, -0.2) is 4.79 Å². The molecule has 0 aliphatic rings. The maximum Gasteiger partial charge on any atom is 0.460 e. The van der Waals surface area contributed by atoms with Crippen LogP contribution in [0.3, 0.4) is 0 Å². The Labute approximate surface area is 246 Å². The molecule has 0 bridgehead atoms. The van der Waals surface area contributed by atoms with Gasteiger partial charge in [0.2, 0.25) is 6.08 Å². The fourth-order valence-corrected chi connectivity index (χ4v) is 3.38. The van der Waals surface area contributed by atoms with Crippen molar-refractivity contribution in [2.75, 3.05) is 0 Å². The van der Waals surface area contributed by atoms with Crippen molar-refractivity contribution >= 4 is 17.7 Å². The third-order valence-corrected chi connectivity index (χ3v) is 6.15. The lowest BCUT2D eigenvalue weighted by atomic mass is 9.85. The van der Waals surface area contributed by atoms with Gasteiger partial charge in [0, 0.05) is 18.0 Å². The summed E-state index contributed by atoms with van der Waals surface area (Å²) in [6, 6.07) is 0.0209. The summed E-state index contributed by atoms with van der Waals surface area (Å²) in [4.78, 5) is 25.7. The van der Waals surface area contributed by atoms with Gasteiger partial charge >= 0.3 is 59.5 Å². The Kier molecular flexibility index (Phi) is 10.6. The number of hydrogen-bond donors (Lipinski definition) is 1. The molecular formula is C22H13F21N2O2. The van der Waals surface area contributed by atoms with Crippen LogP contribution in [-0.2, 0) is 4.79 Å². The van der Waals surface area contributed by atoms with Crippen LogP contribution in [0.4, 0.5) is 97.9 Å². The highest BCUT2D eigenvalue weighted by Gasteiger charge is 2.97. The number of hydrogen-bond acceptors (Lipinski definition) is 3. The second-order valence-electron chi connectivity index (χ2n) is 9.58. The molecule has 1 aromatic carbocycles. The van der Waals surface area contributed by atoms with Gasteiger partial charge < -0.3 is 5.32 Å². The number of nitrogens with zero attached hydrogens (tertiary/aromatic N) is 1. The fourth-order valence-electron chi connectivity index (χ4n) is 3.38. The molecule has 1 unspecified atom stereocenters. The standard InChI is InChI=1S/C22H13F21N2O2/c1-8-3-4-10(5-11(8)44-7-46)12(47)45-9(2)6-13(23,24)14(25,26)15(27,28)16(29,30)17(31,32)18(33,34)19(35,36)20(37,38)21(39,40)22(41,42)43/h3-5,9H,6H2,1-2H3,(H,45,47). The highest BCUT2D eigenvalue weighted by atomic mass is 19.4. The Balaban J connectivity index is 3.55. The molecule has 25 heteroatoms. The SMILES string of the molecule is Cc1ccc(C(=O)NC(C)CC(F)(F)C(F)(F)C(F)(F)C(F)(F)C(F)(F)C(F)(F)C(F)(F)C(F)(F)C(F)(F)C(F)(F)F)cc1N=C=O. The molecule has 0 aromatic heterocycles. The van der Waals surface area contributed by atoms with Crippen LogP contribution in [0.2, 0.25) is 0 Å². The van der Waals surface area contributed by atoms with Crippen molar-refractivity contribution in [1.29, 1.82) is 0 Å². The van der Waals surface area contributed by atoms with E-state index in [1.54, 1.807) is 0 Å². The van der Waals surface area contributed by atoms with Crippen molar-refractivity contribution in [3.8, 4) is 0 Å². The van der Waals surface area contributed by atoms with E-state index in [2.05, 4.69) is 4.99 Å². The minimum Gasteiger partial charge on any atom is -0.349 e. The maximum atomic E-state index is 14.2. The van der Waals surface area contributed by atoms with Gasteiger partial charge in [0.15, 0.2) is 0 Å². The topological polar surface area (TPSA) is 58.5 Å². The number of halogens is 21. The molecule has 0 saturated heterocycles. The van der Waals surface area contributed by atoms with Crippen LogP contribution in [0.25, 0.3) is 0 Å². The van der Waals surface area contributed by atoms with Gasteiger partial charge in [0.05, 0.1) is 5.69 Å². The van der Waals surface area contributed by atoms with E-state index in [9.17, 15) is 102 Å². The molecule has 4 nitrogen and oxygen atoms in total. The highest BCUT2D eigenvalue weighted by Crippen LogP contribution is 2.66. The summed E-state index contributed by atoms with van der Waals surface area (Å²) in [7, 11) is 0. The summed E-state index contributed by atoms with van der Waals surface area (Å²) < 4.78 is 284. The summed E-state index contributed by atoms with van der Waals surface area (Å²) in [5.74, 6) is -79.4. The fraction of sp³-hybridized carbons (Fsp3) is 0.636. The predicted octanol–water partition coefficient (Wildman–Crippen LogP) is 8.75. The Morgan fingerprint density at radius 2 is 1.02 bits per heavy atom. The monoisotopic (exact) mass is 736 g/mol. The summed E-state index contributed by atoms with van der Waals surface area (Å²) in [5.41, 5.74) is -0.772. The average Bonchev–Trinajstić information content (AvgIpc) is 2.87. The molecule has 0 spiro atoms. The van der Waals surface area contributed by atoms with Crippen molar-refractivity contribution < 1.29 is 102 Å². The van der Waals surface area contributed by atoms with E-state index in [0.717, 1.165) is 24.3 Å². The number of aryl methyl sites for hydroxylation is 1. The van der Waals surface area contributed by atoms with E-state index in [0.29, 0.717) is 0 Å². The number of rotatable bonds is 13. The molecule has 0 radical (unpaired) electrons. The van der Waals surface area contributed by atoms with E-state index >= 15 is 0 Å². The van der Waals surface area contributed by atoms with E-state index < -0.39 is 83.4 Å². The van der Waals surface area contributed by atoms with Crippen LogP contribution in [0.5, 0.6) is 0 Å². The number of amides is 1. The van der Waals surface area contributed by atoms with Crippen LogP contribution in [0.15, 0.2) is 23.2 Å². The third-order valence-electron chi connectivity index (χ3n) is 6.15. The number of carbonyl (C=O) groups is 1. The van der Waals surface area contributed by atoms with E-state index in [1.165, 1.54) is 12.2 Å². The van der Waals surface area contributed by atoms with Crippen molar-refractivity contribution in [3.63, 3.8) is 0 Å². The second-order valence-corrected chi connectivity index (χ2v) is 9.58. The molecule has 47 heavy (non-hydrogen) atoms. The normalized spacial score (nSPS) is 15.6. The zero-order chi connectivity index (χ0) is 37.8. The van der Waals surface area contributed by atoms with Crippen LogP contribution < -0.4 is 5.32 Å². The molecule has 1 N–H and O–H groups in total. The lowest BCUT2D eigenvalue weighted by molar-refractivity contribution is -0.474. The number of aliphatic imine (C=N–C) groups is 1. The minimum absolute atomic E-state index is 0.171. The highest BCUT2D eigenvalue weighted by molar-refractivity contribution is 5.95. The Bertz CT molecular complexity index is 1380. The van der Waals surface area contributed by atoms with Gasteiger partial charge in [-0.2, -0.15) is 97.2 Å². The van der Waals surface area contributed by atoms with E-state index in [4.69, 9.17) is 0 Å². The van der Waals surface area contributed by atoms with Gasteiger partial charge in [-0.3, -0.25) is 4.79 Å². The van der Waals surface area contributed by atoms with Gasteiger partial charge in [0.1, 0.15) is 0 Å². The number of alkyl halides is 21. The van der Waals surface area contributed by atoms with Crippen LogP contribution >= 0.6 is 0 Å². The van der Waals surface area contributed by atoms with Gasteiger partial charge in [-0.1, -0.05) is 6.07 Å². The number of carbonyl (C=O) groups excluding carboxylic acids is 2. The molecule has 0 saturated carbocycles. The molecule has 0 heterocycles.